The summed E-state index contributed by atoms with van der Waals surface area (Å²) in [4.78, 5) is 30.3. The molecule has 2 fully saturated rings. The first kappa shape index (κ1) is 18.4. The topological polar surface area (TPSA) is 61.9 Å². The zero-order chi connectivity index (χ0) is 17.9. The van der Waals surface area contributed by atoms with Crippen LogP contribution in [0.3, 0.4) is 0 Å². The Morgan fingerprint density at radius 1 is 1.28 bits per heavy atom. The van der Waals surface area contributed by atoms with Gasteiger partial charge < -0.3 is 15.0 Å². The number of likely N-dealkylation sites (tertiary alicyclic amines) is 1. The van der Waals surface area contributed by atoms with E-state index in [1.807, 2.05) is 16.3 Å². The average molecular weight is 365 g/mol. The Balaban J connectivity index is 1.61. The molecule has 2 aliphatic rings. The number of carbonyl (C=O) groups excluding carboxylic acids is 2. The van der Waals surface area contributed by atoms with Crippen molar-refractivity contribution < 1.29 is 14.3 Å². The van der Waals surface area contributed by atoms with Crippen LogP contribution in [-0.4, -0.2) is 72.6 Å². The van der Waals surface area contributed by atoms with Crippen LogP contribution in [0.25, 0.3) is 0 Å². The van der Waals surface area contributed by atoms with Crippen LogP contribution in [-0.2, 0) is 9.53 Å². The van der Waals surface area contributed by atoms with E-state index in [9.17, 15) is 9.59 Å². The molecule has 0 radical (unpaired) electrons. The molecule has 1 aromatic rings. The number of piperidine rings is 1. The van der Waals surface area contributed by atoms with Crippen LogP contribution in [0.5, 0.6) is 0 Å². The molecule has 6 nitrogen and oxygen atoms in total. The number of nitrogens with one attached hydrogen (secondary N) is 1. The van der Waals surface area contributed by atoms with Crippen LogP contribution >= 0.6 is 11.3 Å². The van der Waals surface area contributed by atoms with E-state index in [0.29, 0.717) is 10.9 Å². The third-order valence-electron chi connectivity index (χ3n) is 4.95. The highest BCUT2D eigenvalue weighted by Gasteiger charge is 2.37. The van der Waals surface area contributed by atoms with Crippen molar-refractivity contribution in [2.24, 2.45) is 0 Å². The summed E-state index contributed by atoms with van der Waals surface area (Å²) in [6, 6.07) is 4.01. The normalized spacial score (nSPS) is 22.6. The number of morpholine rings is 1. The number of amides is 2. The molecular weight excluding hydrogens is 338 g/mol. The molecule has 0 aromatic carbocycles. The standard InChI is InChI=1S/C18H27N3O3S/c1-18(2,19-16(22)15-6-4-12-25-15)17(23)21-7-3-5-14(13-21)20-8-10-24-11-9-20/h4,6,12,14H,3,5,7-11,13H2,1-2H3,(H,19,22)/t14-/m0/s1. The van der Waals surface area contributed by atoms with Crippen LogP contribution in [0.2, 0.25) is 0 Å². The van der Waals surface area contributed by atoms with Crippen molar-refractivity contribution in [3.05, 3.63) is 22.4 Å². The first-order chi connectivity index (χ1) is 12.0. The number of hydrogen-bond donors (Lipinski definition) is 1. The maximum absolute atomic E-state index is 13.0. The van der Waals surface area contributed by atoms with E-state index in [1.54, 1.807) is 19.9 Å². The molecule has 2 saturated heterocycles. The predicted octanol–water partition coefficient (Wildman–Crippen LogP) is 1.58. The lowest BCUT2D eigenvalue weighted by Crippen LogP contribution is -2.60. The fourth-order valence-electron chi connectivity index (χ4n) is 3.58. The van der Waals surface area contributed by atoms with Crippen LogP contribution in [0, 0.1) is 0 Å². The van der Waals surface area contributed by atoms with Gasteiger partial charge in [-0.2, -0.15) is 0 Å². The van der Waals surface area contributed by atoms with Gasteiger partial charge in [-0.1, -0.05) is 6.07 Å². The minimum atomic E-state index is -0.909. The van der Waals surface area contributed by atoms with Crippen LogP contribution in [0.15, 0.2) is 17.5 Å². The highest BCUT2D eigenvalue weighted by Crippen LogP contribution is 2.20. The van der Waals surface area contributed by atoms with E-state index in [4.69, 9.17) is 4.74 Å². The molecule has 1 N–H and O–H groups in total. The zero-order valence-corrected chi connectivity index (χ0v) is 15.8. The van der Waals surface area contributed by atoms with Gasteiger partial charge in [0, 0.05) is 32.2 Å². The Bertz CT molecular complexity index is 597. The SMILES string of the molecule is CC(C)(NC(=O)c1cccs1)C(=O)N1CCC[C@H](N2CCOCC2)C1. The third-order valence-corrected chi connectivity index (χ3v) is 5.82. The molecule has 2 amide bonds. The maximum atomic E-state index is 13.0. The molecule has 1 aromatic heterocycles. The van der Waals surface area contributed by atoms with Crippen molar-refractivity contribution in [3.63, 3.8) is 0 Å². The van der Waals surface area contributed by atoms with Crippen molar-refractivity contribution in [3.8, 4) is 0 Å². The van der Waals surface area contributed by atoms with Gasteiger partial charge in [0.05, 0.1) is 18.1 Å². The van der Waals surface area contributed by atoms with Crippen LogP contribution < -0.4 is 5.32 Å². The summed E-state index contributed by atoms with van der Waals surface area (Å²) in [7, 11) is 0. The van der Waals surface area contributed by atoms with E-state index in [2.05, 4.69) is 10.2 Å². The fourth-order valence-corrected chi connectivity index (χ4v) is 4.20. The second kappa shape index (κ2) is 7.85. The lowest BCUT2D eigenvalue weighted by atomic mass is 9.98. The molecule has 0 bridgehead atoms. The van der Waals surface area contributed by atoms with Gasteiger partial charge in [-0.3, -0.25) is 14.5 Å². The van der Waals surface area contributed by atoms with Crippen molar-refractivity contribution in [2.45, 2.75) is 38.3 Å². The van der Waals surface area contributed by atoms with E-state index >= 15 is 0 Å². The van der Waals surface area contributed by atoms with Crippen LogP contribution in [0.4, 0.5) is 0 Å². The van der Waals surface area contributed by atoms with Gasteiger partial charge in [0.25, 0.3) is 5.91 Å². The maximum Gasteiger partial charge on any atom is 0.262 e. The average Bonchev–Trinajstić information content (AvgIpc) is 3.16. The Kier molecular flexibility index (Phi) is 5.76. The number of thiophene rings is 1. The molecule has 0 saturated carbocycles. The number of ether oxygens (including phenoxy) is 1. The zero-order valence-electron chi connectivity index (χ0n) is 15.0. The quantitative estimate of drug-likeness (QED) is 0.880. The Hall–Kier alpha value is -1.44. The third kappa shape index (κ3) is 4.40. The highest BCUT2D eigenvalue weighted by molar-refractivity contribution is 7.12. The van der Waals surface area contributed by atoms with Gasteiger partial charge in [0.1, 0.15) is 5.54 Å². The number of rotatable bonds is 4. The minimum Gasteiger partial charge on any atom is -0.379 e. The van der Waals surface area contributed by atoms with Crippen molar-refractivity contribution in [1.82, 2.24) is 15.1 Å². The summed E-state index contributed by atoms with van der Waals surface area (Å²) in [5.74, 6) is -0.189. The molecule has 0 spiro atoms. The molecule has 3 heterocycles. The first-order valence-corrected chi connectivity index (χ1v) is 9.82. The van der Waals surface area contributed by atoms with E-state index in [0.717, 1.165) is 52.2 Å². The van der Waals surface area contributed by atoms with Gasteiger partial charge >= 0.3 is 0 Å². The molecule has 0 aliphatic carbocycles. The number of hydrogen-bond acceptors (Lipinski definition) is 5. The molecular formula is C18H27N3O3S. The van der Waals surface area contributed by atoms with E-state index < -0.39 is 5.54 Å². The smallest absolute Gasteiger partial charge is 0.262 e. The Morgan fingerprint density at radius 2 is 2.04 bits per heavy atom. The lowest BCUT2D eigenvalue weighted by Gasteiger charge is -2.42. The highest BCUT2D eigenvalue weighted by atomic mass is 32.1. The molecule has 3 rings (SSSR count). The largest absolute Gasteiger partial charge is 0.379 e. The summed E-state index contributed by atoms with van der Waals surface area (Å²) >= 11 is 1.38. The molecule has 0 unspecified atom stereocenters. The summed E-state index contributed by atoms with van der Waals surface area (Å²) in [6.45, 7) is 8.49. The first-order valence-electron chi connectivity index (χ1n) is 8.94. The monoisotopic (exact) mass is 365 g/mol. The van der Waals surface area contributed by atoms with Crippen molar-refractivity contribution >= 4 is 23.2 Å². The van der Waals surface area contributed by atoms with Gasteiger partial charge in [0.15, 0.2) is 0 Å². The number of nitrogens with zero attached hydrogens (tertiary/aromatic N) is 2. The summed E-state index contributed by atoms with van der Waals surface area (Å²) in [5, 5.41) is 4.76. The predicted molar refractivity (Wildman–Crippen MR) is 97.9 cm³/mol. The summed E-state index contributed by atoms with van der Waals surface area (Å²) < 4.78 is 5.43. The minimum absolute atomic E-state index is 0.00429. The Morgan fingerprint density at radius 3 is 2.72 bits per heavy atom. The lowest BCUT2D eigenvalue weighted by molar-refractivity contribution is -0.139. The number of carbonyl (C=O) groups is 2. The second-order valence-corrected chi connectivity index (χ2v) is 8.20. The van der Waals surface area contributed by atoms with E-state index in [1.165, 1.54) is 11.3 Å². The molecule has 25 heavy (non-hydrogen) atoms. The molecule has 7 heteroatoms. The molecule has 138 valence electrons. The van der Waals surface area contributed by atoms with Crippen LogP contribution in [0.1, 0.15) is 36.4 Å². The summed E-state index contributed by atoms with van der Waals surface area (Å²) in [6.07, 6.45) is 2.12. The van der Waals surface area contributed by atoms with Crippen molar-refractivity contribution in [1.29, 1.82) is 0 Å². The molecule has 2 aliphatic heterocycles. The van der Waals surface area contributed by atoms with Gasteiger partial charge in [-0.05, 0) is 38.1 Å². The second-order valence-electron chi connectivity index (χ2n) is 7.25. The van der Waals surface area contributed by atoms with Gasteiger partial charge in [-0.15, -0.1) is 11.3 Å². The van der Waals surface area contributed by atoms with Gasteiger partial charge in [0.2, 0.25) is 5.91 Å². The van der Waals surface area contributed by atoms with Crippen molar-refractivity contribution in [2.75, 3.05) is 39.4 Å². The van der Waals surface area contributed by atoms with Gasteiger partial charge in [-0.25, -0.2) is 0 Å². The molecule has 1 atom stereocenters. The fraction of sp³-hybridized carbons (Fsp3) is 0.667. The Labute approximate surface area is 153 Å². The summed E-state index contributed by atoms with van der Waals surface area (Å²) in [5.41, 5.74) is -0.909. The van der Waals surface area contributed by atoms with E-state index in [-0.39, 0.29) is 11.8 Å².